The van der Waals surface area contributed by atoms with Crippen molar-refractivity contribution in [1.82, 2.24) is 0 Å². The number of hydrogen-bond acceptors (Lipinski definition) is 2. The van der Waals surface area contributed by atoms with Gasteiger partial charge in [-0.1, -0.05) is 134 Å². The van der Waals surface area contributed by atoms with Gasteiger partial charge in [-0.05, 0) is 46.7 Å². The molecule has 4 aromatic rings. The maximum Gasteiger partial charge on any atom is 0.255 e. The number of rotatable bonds is 13. The predicted octanol–water partition coefficient (Wildman–Crippen LogP) is 5.36. The molecule has 0 atom stereocenters. The summed E-state index contributed by atoms with van der Waals surface area (Å²) in [6.45, 7) is 5.71. The van der Waals surface area contributed by atoms with Crippen molar-refractivity contribution in [3.63, 3.8) is 0 Å². The largest absolute Gasteiger partial charge is 0.408 e. The maximum atomic E-state index is 6.77. The fourth-order valence-electron chi connectivity index (χ4n) is 5.46. The molecule has 0 saturated heterocycles. The average molecular weight is 511 g/mol. The van der Waals surface area contributed by atoms with Gasteiger partial charge in [-0.25, -0.2) is 0 Å². The van der Waals surface area contributed by atoms with Crippen molar-refractivity contribution in [2.75, 3.05) is 13.2 Å². The van der Waals surface area contributed by atoms with Gasteiger partial charge in [-0.2, -0.15) is 0 Å². The molecular weight excluding hydrogens is 473 g/mol. The highest BCUT2D eigenvalue weighted by atomic mass is 28.4. The Labute approximate surface area is 219 Å². The Morgan fingerprint density at radius 2 is 0.667 bits per heavy atom. The van der Waals surface area contributed by atoms with Gasteiger partial charge in [0, 0.05) is 13.2 Å². The normalized spacial score (nSPS) is 11.9. The molecule has 186 valence electrons. The van der Waals surface area contributed by atoms with E-state index in [1.54, 1.807) is 0 Å². The molecule has 36 heavy (non-hydrogen) atoms. The molecule has 2 nitrogen and oxygen atoms in total. The summed E-state index contributed by atoms with van der Waals surface area (Å²) in [4.78, 5) is 0. The summed E-state index contributed by atoms with van der Waals surface area (Å²) in [5, 5.41) is 5.44. The first-order valence-corrected chi connectivity index (χ1v) is 17.5. The third-order valence-electron chi connectivity index (χ3n) is 7.05. The minimum Gasteiger partial charge on any atom is -0.408 e. The summed E-state index contributed by atoms with van der Waals surface area (Å²) in [5.74, 6) is 0. The molecule has 0 unspecified atom stereocenters. The highest BCUT2D eigenvalue weighted by molar-refractivity contribution is 6.98. The van der Waals surface area contributed by atoms with Crippen molar-refractivity contribution in [1.29, 1.82) is 0 Å². The summed E-state index contributed by atoms with van der Waals surface area (Å²) in [5.41, 5.74) is 0. The van der Waals surface area contributed by atoms with Crippen LogP contribution in [0.15, 0.2) is 121 Å². The van der Waals surface area contributed by atoms with Crippen molar-refractivity contribution < 1.29 is 8.85 Å². The van der Waals surface area contributed by atoms with Gasteiger partial charge in [0.1, 0.15) is 0 Å². The molecule has 0 aliphatic heterocycles. The summed E-state index contributed by atoms with van der Waals surface area (Å²) < 4.78 is 13.5. The Morgan fingerprint density at radius 3 is 0.889 bits per heavy atom. The van der Waals surface area contributed by atoms with E-state index < -0.39 is 16.6 Å². The minimum atomic E-state index is -2.35. The fourth-order valence-corrected chi connectivity index (χ4v) is 13.6. The molecule has 0 N–H and O–H groups in total. The van der Waals surface area contributed by atoms with E-state index in [-0.39, 0.29) is 0 Å². The van der Waals surface area contributed by atoms with E-state index in [0.29, 0.717) is 0 Å². The van der Waals surface area contributed by atoms with E-state index in [9.17, 15) is 0 Å². The van der Waals surface area contributed by atoms with E-state index >= 15 is 0 Å². The quantitative estimate of drug-likeness (QED) is 0.178. The van der Waals surface area contributed by atoms with Crippen molar-refractivity contribution in [2.24, 2.45) is 0 Å². The molecule has 0 heterocycles. The zero-order valence-electron chi connectivity index (χ0n) is 21.6. The molecule has 0 aliphatic carbocycles. The van der Waals surface area contributed by atoms with E-state index in [0.717, 1.165) is 38.1 Å². The van der Waals surface area contributed by atoms with Crippen LogP contribution in [0, 0.1) is 0 Å². The molecular formula is C32H38O2Si2. The van der Waals surface area contributed by atoms with Gasteiger partial charge in [0.2, 0.25) is 0 Å². The van der Waals surface area contributed by atoms with Crippen molar-refractivity contribution >= 4 is 37.4 Å². The Balaban J connectivity index is 1.63. The zero-order chi connectivity index (χ0) is 25.1. The molecule has 0 amide bonds. The molecule has 0 bridgehead atoms. The van der Waals surface area contributed by atoms with E-state index in [4.69, 9.17) is 8.85 Å². The minimum absolute atomic E-state index is 0.724. The van der Waals surface area contributed by atoms with Crippen molar-refractivity contribution in [2.45, 2.75) is 38.8 Å². The molecule has 0 saturated carbocycles. The average Bonchev–Trinajstić information content (AvgIpc) is 2.96. The molecule has 4 aromatic carbocycles. The van der Waals surface area contributed by atoms with E-state index in [2.05, 4.69) is 135 Å². The van der Waals surface area contributed by atoms with Crippen LogP contribution in [0.2, 0.25) is 12.1 Å². The van der Waals surface area contributed by atoms with Gasteiger partial charge in [-0.15, -0.1) is 0 Å². The molecule has 0 aromatic heterocycles. The molecule has 0 spiro atoms. The lowest BCUT2D eigenvalue weighted by Gasteiger charge is -2.34. The molecule has 0 radical (unpaired) electrons. The molecule has 4 heteroatoms. The first kappa shape index (κ1) is 26.3. The predicted molar refractivity (Wildman–Crippen MR) is 158 cm³/mol. The second-order valence-corrected chi connectivity index (χ2v) is 16.4. The molecule has 0 fully saturated rings. The van der Waals surface area contributed by atoms with Crippen LogP contribution in [-0.4, -0.2) is 29.8 Å². The summed E-state index contributed by atoms with van der Waals surface area (Å²) >= 11 is 0. The lowest BCUT2D eigenvalue weighted by molar-refractivity contribution is 0.333. The van der Waals surface area contributed by atoms with Crippen LogP contribution in [0.1, 0.15) is 26.7 Å². The maximum absolute atomic E-state index is 6.77. The number of benzene rings is 4. The van der Waals surface area contributed by atoms with Crippen LogP contribution in [-0.2, 0) is 8.85 Å². The first-order valence-electron chi connectivity index (χ1n) is 13.2. The van der Waals surface area contributed by atoms with E-state index in [1.165, 1.54) is 20.7 Å². The smallest absolute Gasteiger partial charge is 0.255 e. The molecule has 4 rings (SSSR count). The molecule has 0 aliphatic rings. The van der Waals surface area contributed by atoms with Crippen LogP contribution >= 0.6 is 0 Å². The van der Waals surface area contributed by atoms with Crippen LogP contribution in [0.4, 0.5) is 0 Å². The van der Waals surface area contributed by atoms with Crippen LogP contribution in [0.3, 0.4) is 0 Å². The van der Waals surface area contributed by atoms with Crippen LogP contribution < -0.4 is 20.7 Å². The van der Waals surface area contributed by atoms with Crippen LogP contribution in [0.5, 0.6) is 0 Å². The monoisotopic (exact) mass is 510 g/mol. The topological polar surface area (TPSA) is 18.5 Å². The third kappa shape index (κ3) is 5.79. The van der Waals surface area contributed by atoms with Crippen LogP contribution in [0.25, 0.3) is 0 Å². The zero-order valence-corrected chi connectivity index (χ0v) is 23.6. The summed E-state index contributed by atoms with van der Waals surface area (Å²) in [6, 6.07) is 45.8. The van der Waals surface area contributed by atoms with Crippen molar-refractivity contribution in [3.05, 3.63) is 121 Å². The third-order valence-corrected chi connectivity index (χ3v) is 15.8. The Kier molecular flexibility index (Phi) is 9.48. The number of unbranched alkanes of at least 4 members (excludes halogenated alkanes) is 1. The Morgan fingerprint density at radius 1 is 0.417 bits per heavy atom. The summed E-state index contributed by atoms with van der Waals surface area (Å²) in [7, 11) is -4.69. The van der Waals surface area contributed by atoms with Gasteiger partial charge >= 0.3 is 0 Å². The van der Waals surface area contributed by atoms with Crippen molar-refractivity contribution in [3.8, 4) is 0 Å². The lowest BCUT2D eigenvalue weighted by Crippen LogP contribution is -2.61. The standard InChI is InChI=1S/C32H38O2Si2/c1-3-33-35(29-19-9-5-10-20-29,30-21-11-6-12-22-30)27-17-18-28-36(34-4-2,31-23-13-7-14-24-31)32-25-15-8-16-26-32/h5-16,19-26H,3-4,17-18,27-28H2,1-2H3. The lowest BCUT2D eigenvalue weighted by atomic mass is 10.3. The van der Waals surface area contributed by atoms with Gasteiger partial charge in [-0.3, -0.25) is 0 Å². The van der Waals surface area contributed by atoms with Gasteiger partial charge in [0.05, 0.1) is 0 Å². The Hall–Kier alpha value is -2.77. The SMILES string of the molecule is CCO[Si](CCCC[Si](OCC)(c1ccccc1)c1ccccc1)(c1ccccc1)c1ccccc1. The number of hydrogen-bond donors (Lipinski definition) is 0. The first-order chi connectivity index (χ1) is 17.7. The van der Waals surface area contributed by atoms with Gasteiger partial charge in [0.15, 0.2) is 0 Å². The fraction of sp³-hybridized carbons (Fsp3) is 0.250. The highest BCUT2D eigenvalue weighted by Gasteiger charge is 2.41. The van der Waals surface area contributed by atoms with E-state index in [1.807, 2.05) is 0 Å². The summed E-state index contributed by atoms with van der Waals surface area (Å²) in [6.07, 6.45) is 2.22. The Bertz CT molecular complexity index is 978. The second-order valence-electron chi connectivity index (χ2n) is 9.19. The highest BCUT2D eigenvalue weighted by Crippen LogP contribution is 2.22. The second kappa shape index (κ2) is 13.0. The van der Waals surface area contributed by atoms with Gasteiger partial charge in [0.25, 0.3) is 16.6 Å². The van der Waals surface area contributed by atoms with Gasteiger partial charge < -0.3 is 8.85 Å².